The first-order chi connectivity index (χ1) is 10.6. The van der Waals surface area contributed by atoms with Gasteiger partial charge in [0.15, 0.2) is 0 Å². The van der Waals surface area contributed by atoms with Crippen LogP contribution in [0.4, 0.5) is 0 Å². The van der Waals surface area contributed by atoms with Crippen molar-refractivity contribution >= 4 is 17.1 Å². The van der Waals surface area contributed by atoms with Crippen LogP contribution in [0.1, 0.15) is 31.4 Å². The highest BCUT2D eigenvalue weighted by Crippen LogP contribution is 2.25. The maximum absolute atomic E-state index is 11.6. The molecule has 2 heteroatoms. The lowest BCUT2D eigenvalue weighted by Crippen LogP contribution is -2.18. The van der Waals surface area contributed by atoms with E-state index in [1.807, 2.05) is 66.7 Å². The molecule has 0 aliphatic rings. The average Bonchev–Trinajstić information content (AvgIpc) is 2.52. The molecule has 0 heterocycles. The van der Waals surface area contributed by atoms with E-state index in [2.05, 4.69) is 0 Å². The Hall–Kier alpha value is -2.48. The Balaban J connectivity index is 2.39. The predicted molar refractivity (Wildman–Crippen MR) is 89.4 cm³/mol. The molecule has 0 aliphatic carbocycles. The van der Waals surface area contributed by atoms with Crippen LogP contribution in [0.5, 0.6) is 0 Å². The van der Waals surface area contributed by atoms with E-state index < -0.39 is 5.92 Å². The van der Waals surface area contributed by atoms with Crippen molar-refractivity contribution in [2.75, 3.05) is 0 Å². The molecule has 2 aromatic carbocycles. The van der Waals surface area contributed by atoms with Crippen LogP contribution in [0.2, 0.25) is 0 Å². The van der Waals surface area contributed by atoms with Gasteiger partial charge in [-0.1, -0.05) is 66.7 Å². The molecule has 0 aromatic heterocycles. The first-order valence-corrected chi connectivity index (χ1v) is 7.41. The molecule has 0 saturated carbocycles. The maximum Gasteiger partial charge on any atom is 0.140 e. The Morgan fingerprint density at radius 2 is 1.23 bits per heavy atom. The number of allylic oxidation sites excluding steroid dienone is 1. The highest BCUT2D eigenvalue weighted by molar-refractivity contribution is 6.00. The summed E-state index contributed by atoms with van der Waals surface area (Å²) in [6.07, 6.45) is 2.43. The Bertz CT molecular complexity index is 614. The van der Waals surface area contributed by atoms with Crippen molar-refractivity contribution in [2.45, 2.75) is 20.3 Å². The molecule has 0 saturated heterocycles. The topological polar surface area (TPSA) is 34.1 Å². The number of hydrogen-bond acceptors (Lipinski definition) is 2. The van der Waals surface area contributed by atoms with Crippen LogP contribution in [0, 0.1) is 5.92 Å². The lowest BCUT2D eigenvalue weighted by atomic mass is 9.91. The summed E-state index contributed by atoms with van der Waals surface area (Å²) in [6, 6.07) is 20.0. The van der Waals surface area contributed by atoms with E-state index in [4.69, 9.17) is 0 Å². The van der Waals surface area contributed by atoms with Gasteiger partial charge in [-0.3, -0.25) is 9.59 Å². The Morgan fingerprint density at radius 1 is 0.818 bits per heavy atom. The van der Waals surface area contributed by atoms with E-state index in [0.717, 1.165) is 16.7 Å². The smallest absolute Gasteiger partial charge is 0.140 e. The van der Waals surface area contributed by atoms with Gasteiger partial charge in [-0.25, -0.2) is 0 Å². The second-order valence-electron chi connectivity index (χ2n) is 5.36. The number of rotatable bonds is 6. The van der Waals surface area contributed by atoms with Gasteiger partial charge in [0.25, 0.3) is 0 Å². The molecule has 0 N–H and O–H groups in total. The molecule has 0 atom stereocenters. The summed E-state index contributed by atoms with van der Waals surface area (Å²) >= 11 is 0. The zero-order chi connectivity index (χ0) is 15.9. The van der Waals surface area contributed by atoms with Crippen molar-refractivity contribution in [3.63, 3.8) is 0 Å². The summed E-state index contributed by atoms with van der Waals surface area (Å²) in [4.78, 5) is 23.2. The van der Waals surface area contributed by atoms with Gasteiger partial charge in [0.1, 0.15) is 11.6 Å². The van der Waals surface area contributed by atoms with E-state index in [0.29, 0.717) is 6.42 Å². The summed E-state index contributed by atoms with van der Waals surface area (Å²) in [5.41, 5.74) is 3.22. The molecule has 0 unspecified atom stereocenters. The minimum absolute atomic E-state index is 0.0794. The average molecular weight is 292 g/mol. The Kier molecular flexibility index (Phi) is 5.42. The molecule has 2 nitrogen and oxygen atoms in total. The minimum Gasteiger partial charge on any atom is -0.299 e. The SMILES string of the molecule is CC(=O)C(CC=C(c1ccccc1)c1ccccc1)C(C)=O. The maximum atomic E-state index is 11.6. The molecule has 22 heavy (non-hydrogen) atoms. The molecule has 2 rings (SSSR count). The number of carbonyl (C=O) groups excluding carboxylic acids is 2. The fourth-order valence-electron chi connectivity index (χ4n) is 2.49. The zero-order valence-corrected chi connectivity index (χ0v) is 13.0. The van der Waals surface area contributed by atoms with Gasteiger partial charge in [-0.2, -0.15) is 0 Å². The molecular weight excluding hydrogens is 272 g/mol. The summed E-state index contributed by atoms with van der Waals surface area (Å²) in [5.74, 6) is -0.712. The molecular formula is C20H20O2. The number of ketones is 2. The monoisotopic (exact) mass is 292 g/mol. The van der Waals surface area contributed by atoms with Crippen LogP contribution in [0.3, 0.4) is 0 Å². The number of benzene rings is 2. The predicted octanol–water partition coefficient (Wildman–Crippen LogP) is 4.30. The molecule has 0 aliphatic heterocycles. The molecule has 0 spiro atoms. The quantitative estimate of drug-likeness (QED) is 0.744. The highest BCUT2D eigenvalue weighted by atomic mass is 16.1. The van der Waals surface area contributed by atoms with Crippen molar-refractivity contribution in [3.8, 4) is 0 Å². The van der Waals surface area contributed by atoms with Gasteiger partial charge in [0, 0.05) is 0 Å². The molecule has 112 valence electrons. The second kappa shape index (κ2) is 7.51. The third-order valence-corrected chi connectivity index (χ3v) is 3.71. The van der Waals surface area contributed by atoms with Crippen molar-refractivity contribution in [2.24, 2.45) is 5.92 Å². The Labute approximate surface area is 131 Å². The normalized spacial score (nSPS) is 10.3. The standard InChI is InChI=1S/C20H20O2/c1-15(21)19(16(2)22)13-14-20(17-9-5-3-6-10-17)18-11-7-4-8-12-18/h3-12,14,19H,13H2,1-2H3. The van der Waals surface area contributed by atoms with Crippen LogP contribution in [-0.4, -0.2) is 11.6 Å². The van der Waals surface area contributed by atoms with Crippen LogP contribution < -0.4 is 0 Å². The lowest BCUT2D eigenvalue weighted by Gasteiger charge is -2.11. The Morgan fingerprint density at radius 3 is 1.59 bits per heavy atom. The van der Waals surface area contributed by atoms with E-state index in [-0.39, 0.29) is 11.6 Å². The van der Waals surface area contributed by atoms with E-state index in [1.165, 1.54) is 13.8 Å². The van der Waals surface area contributed by atoms with Crippen LogP contribution in [-0.2, 0) is 9.59 Å². The second-order valence-corrected chi connectivity index (χ2v) is 5.36. The zero-order valence-electron chi connectivity index (χ0n) is 13.0. The van der Waals surface area contributed by atoms with Gasteiger partial charge < -0.3 is 0 Å². The van der Waals surface area contributed by atoms with Crippen molar-refractivity contribution in [1.29, 1.82) is 0 Å². The van der Waals surface area contributed by atoms with Gasteiger partial charge in [-0.15, -0.1) is 0 Å². The first-order valence-electron chi connectivity index (χ1n) is 7.41. The number of carbonyl (C=O) groups is 2. The van der Waals surface area contributed by atoms with Crippen LogP contribution >= 0.6 is 0 Å². The fraction of sp³-hybridized carbons (Fsp3) is 0.200. The minimum atomic E-state index is -0.553. The number of Topliss-reactive ketones (excluding diaryl/α,β-unsaturated/α-hetero) is 2. The van der Waals surface area contributed by atoms with Crippen LogP contribution in [0.15, 0.2) is 66.7 Å². The summed E-state index contributed by atoms with van der Waals surface area (Å²) < 4.78 is 0. The third-order valence-electron chi connectivity index (χ3n) is 3.71. The van der Waals surface area contributed by atoms with Gasteiger partial charge in [-0.05, 0) is 37.0 Å². The molecule has 2 aromatic rings. The fourth-order valence-corrected chi connectivity index (χ4v) is 2.49. The van der Waals surface area contributed by atoms with Crippen LogP contribution in [0.25, 0.3) is 5.57 Å². The van der Waals surface area contributed by atoms with E-state index in [9.17, 15) is 9.59 Å². The van der Waals surface area contributed by atoms with Gasteiger partial charge >= 0.3 is 0 Å². The molecule has 0 fully saturated rings. The summed E-state index contributed by atoms with van der Waals surface area (Å²) in [6.45, 7) is 2.95. The van der Waals surface area contributed by atoms with Crippen molar-refractivity contribution in [1.82, 2.24) is 0 Å². The summed E-state index contributed by atoms with van der Waals surface area (Å²) in [7, 11) is 0. The third kappa shape index (κ3) is 4.01. The largest absolute Gasteiger partial charge is 0.299 e. The van der Waals surface area contributed by atoms with Gasteiger partial charge in [0.05, 0.1) is 5.92 Å². The lowest BCUT2D eigenvalue weighted by molar-refractivity contribution is -0.130. The number of hydrogen-bond donors (Lipinski definition) is 0. The molecule has 0 radical (unpaired) electrons. The van der Waals surface area contributed by atoms with Crippen molar-refractivity contribution in [3.05, 3.63) is 77.9 Å². The molecule has 0 bridgehead atoms. The summed E-state index contributed by atoms with van der Waals surface area (Å²) in [5, 5.41) is 0. The van der Waals surface area contributed by atoms with Crippen molar-refractivity contribution < 1.29 is 9.59 Å². The first kappa shape index (κ1) is 15.9. The highest BCUT2D eigenvalue weighted by Gasteiger charge is 2.18. The van der Waals surface area contributed by atoms with E-state index >= 15 is 0 Å². The molecule has 0 amide bonds. The van der Waals surface area contributed by atoms with E-state index in [1.54, 1.807) is 0 Å². The van der Waals surface area contributed by atoms with Gasteiger partial charge in [0.2, 0.25) is 0 Å².